The molecule has 14 heteroatoms. The van der Waals surface area contributed by atoms with Gasteiger partial charge in [-0.15, -0.1) is 0 Å². The summed E-state index contributed by atoms with van der Waals surface area (Å²) in [4.78, 5) is 70.3. The zero-order valence-corrected chi connectivity index (χ0v) is 27.5. The highest BCUT2D eigenvalue weighted by Crippen LogP contribution is 2.35. The van der Waals surface area contributed by atoms with E-state index in [0.717, 1.165) is 18.9 Å². The number of hydrogen-bond donors (Lipinski definition) is 1. The van der Waals surface area contributed by atoms with Gasteiger partial charge in [-0.3, -0.25) is 14.4 Å². The Kier molecular flexibility index (Phi) is 12.0. The number of halogens is 1. The molecule has 1 aliphatic heterocycles. The first-order chi connectivity index (χ1) is 23.4. The Labute approximate surface area is 282 Å². The summed E-state index contributed by atoms with van der Waals surface area (Å²) in [6.45, 7) is 4.02. The minimum absolute atomic E-state index is 0.0948. The monoisotopic (exact) mass is 680 g/mol. The van der Waals surface area contributed by atoms with Crippen LogP contribution >= 0.6 is 0 Å². The van der Waals surface area contributed by atoms with Crippen LogP contribution in [0.5, 0.6) is 11.5 Å². The van der Waals surface area contributed by atoms with Crippen molar-refractivity contribution in [2.45, 2.75) is 51.3 Å². The molecule has 2 heterocycles. The van der Waals surface area contributed by atoms with Crippen LogP contribution in [0.4, 0.5) is 4.39 Å². The molecule has 1 aromatic heterocycles. The van der Waals surface area contributed by atoms with E-state index in [-0.39, 0.29) is 17.7 Å². The van der Waals surface area contributed by atoms with Gasteiger partial charge in [-0.25, -0.2) is 14.6 Å². The first-order valence-electron chi connectivity index (χ1n) is 15.4. The van der Waals surface area contributed by atoms with Gasteiger partial charge in [0.15, 0.2) is 23.6 Å². The van der Waals surface area contributed by atoms with E-state index < -0.39 is 83.8 Å². The van der Waals surface area contributed by atoms with Gasteiger partial charge in [0, 0.05) is 24.9 Å². The van der Waals surface area contributed by atoms with Crippen LogP contribution in [0, 0.1) is 11.8 Å². The molecule has 0 bridgehead atoms. The lowest BCUT2D eigenvalue weighted by Crippen LogP contribution is -2.47. The van der Waals surface area contributed by atoms with Crippen LogP contribution in [-0.2, 0) is 50.4 Å². The number of esters is 4. The lowest BCUT2D eigenvalue weighted by atomic mass is 9.91. The molecule has 1 N–H and O–H groups in total. The van der Waals surface area contributed by atoms with Gasteiger partial charge in [-0.1, -0.05) is 74.5 Å². The van der Waals surface area contributed by atoms with Gasteiger partial charge < -0.3 is 33.7 Å². The van der Waals surface area contributed by atoms with E-state index >= 15 is 4.39 Å². The van der Waals surface area contributed by atoms with Crippen molar-refractivity contribution in [2.24, 2.45) is 11.8 Å². The molecule has 49 heavy (non-hydrogen) atoms. The van der Waals surface area contributed by atoms with E-state index in [1.54, 1.807) is 50.2 Å². The van der Waals surface area contributed by atoms with Gasteiger partial charge in [0.25, 0.3) is 5.91 Å². The first-order valence-corrected chi connectivity index (χ1v) is 15.4. The Morgan fingerprint density at radius 2 is 1.65 bits per heavy atom. The van der Waals surface area contributed by atoms with E-state index in [0.29, 0.717) is 0 Å². The van der Waals surface area contributed by atoms with Gasteiger partial charge in [0.1, 0.15) is 18.6 Å². The van der Waals surface area contributed by atoms with Crippen molar-refractivity contribution in [1.29, 1.82) is 0 Å². The van der Waals surface area contributed by atoms with E-state index in [9.17, 15) is 24.0 Å². The van der Waals surface area contributed by atoms with Gasteiger partial charge in [-0.2, -0.15) is 4.39 Å². The standard InChI is InChI=1S/C35H37FN2O11/c1-20(2)31(40)48-28-21(3)47-33(42)25(19-46-32(41)24(28)18-22-12-8-6-9-13-22)38-30(39)27-29(26(44-4)16-17-37-27)49-34(43)35(36,45-5)23-14-10-7-11-15-23/h6-17,20-21,24-25,28H,18-19H2,1-5H3,(H,38,39)/t21-,24+,25-,28-,35-/m0/s1. The van der Waals surface area contributed by atoms with Crippen molar-refractivity contribution in [3.63, 3.8) is 0 Å². The van der Waals surface area contributed by atoms with Crippen LogP contribution in [-0.4, -0.2) is 73.8 Å². The summed E-state index contributed by atoms with van der Waals surface area (Å²) < 4.78 is 48.1. The number of nitrogens with zero attached hydrogens (tertiary/aromatic N) is 1. The molecular formula is C35H37FN2O11. The fourth-order valence-corrected chi connectivity index (χ4v) is 4.96. The second kappa shape index (κ2) is 16.2. The van der Waals surface area contributed by atoms with Gasteiger partial charge in [-0.05, 0) is 18.9 Å². The summed E-state index contributed by atoms with van der Waals surface area (Å²) in [5, 5.41) is 2.38. The molecule has 0 radical (unpaired) electrons. The maximum atomic E-state index is 15.8. The van der Waals surface area contributed by atoms with Crippen LogP contribution in [0.1, 0.15) is 42.4 Å². The van der Waals surface area contributed by atoms with E-state index in [1.165, 1.54) is 44.4 Å². The predicted molar refractivity (Wildman–Crippen MR) is 169 cm³/mol. The van der Waals surface area contributed by atoms with Crippen molar-refractivity contribution in [3.8, 4) is 11.5 Å². The Balaban J connectivity index is 1.61. The van der Waals surface area contributed by atoms with E-state index in [2.05, 4.69) is 10.3 Å². The smallest absolute Gasteiger partial charge is 0.382 e. The minimum Gasteiger partial charge on any atom is -0.493 e. The lowest BCUT2D eigenvalue weighted by molar-refractivity contribution is -0.188. The Morgan fingerprint density at radius 1 is 1.00 bits per heavy atom. The highest BCUT2D eigenvalue weighted by Gasteiger charge is 2.45. The zero-order chi connectivity index (χ0) is 35.7. The quantitative estimate of drug-likeness (QED) is 0.232. The molecular weight excluding hydrogens is 643 g/mol. The summed E-state index contributed by atoms with van der Waals surface area (Å²) in [5.41, 5.74) is -0.0117. The van der Waals surface area contributed by atoms with Crippen LogP contribution < -0.4 is 14.8 Å². The molecule has 0 saturated carbocycles. The van der Waals surface area contributed by atoms with Crippen LogP contribution in [0.15, 0.2) is 72.9 Å². The van der Waals surface area contributed by atoms with Crippen molar-refractivity contribution in [1.82, 2.24) is 10.3 Å². The maximum absolute atomic E-state index is 15.8. The molecule has 0 unspecified atom stereocenters. The third kappa shape index (κ3) is 8.57. The number of benzene rings is 2. The Morgan fingerprint density at radius 3 is 2.27 bits per heavy atom. The zero-order valence-electron chi connectivity index (χ0n) is 27.5. The fraction of sp³-hybridized carbons (Fsp3) is 0.371. The molecule has 1 aliphatic rings. The second-order valence-electron chi connectivity index (χ2n) is 11.4. The number of rotatable bonds is 11. The molecule has 1 saturated heterocycles. The normalized spacial score (nSPS) is 20.7. The number of ether oxygens (including phenoxy) is 6. The first kappa shape index (κ1) is 36.5. The molecule has 13 nitrogen and oxygen atoms in total. The SMILES string of the molecule is COc1ccnc(C(=O)N[C@H]2COC(=O)[C@H](Cc3ccccc3)[C@@H](OC(=O)C(C)C)[C@H](C)OC2=O)c1OC(=O)[C@@](F)(OC)c1ccccc1. The molecule has 3 aromatic rings. The largest absolute Gasteiger partial charge is 0.493 e. The number of aromatic nitrogens is 1. The molecule has 260 valence electrons. The summed E-state index contributed by atoms with van der Waals surface area (Å²) >= 11 is 0. The number of carbonyl (C=O) groups excluding carboxylic acids is 5. The predicted octanol–water partition coefficient (Wildman–Crippen LogP) is 3.48. The number of methoxy groups -OCH3 is 2. The summed E-state index contributed by atoms with van der Waals surface area (Å²) in [7, 11) is 2.18. The van der Waals surface area contributed by atoms with Crippen LogP contribution in [0.25, 0.3) is 0 Å². The van der Waals surface area contributed by atoms with E-state index in [1.807, 2.05) is 0 Å². The van der Waals surface area contributed by atoms with Crippen LogP contribution in [0.3, 0.4) is 0 Å². The molecule has 0 aliphatic carbocycles. The maximum Gasteiger partial charge on any atom is 0.382 e. The summed E-state index contributed by atoms with van der Waals surface area (Å²) in [6, 6.07) is 15.8. The Bertz CT molecular complexity index is 1650. The molecule has 5 atom stereocenters. The average molecular weight is 681 g/mol. The van der Waals surface area contributed by atoms with Crippen molar-refractivity contribution in [3.05, 3.63) is 89.7 Å². The van der Waals surface area contributed by atoms with Crippen molar-refractivity contribution in [2.75, 3.05) is 20.8 Å². The number of pyridine rings is 1. The number of hydrogen-bond acceptors (Lipinski definition) is 12. The minimum atomic E-state index is -3.08. The third-order valence-electron chi connectivity index (χ3n) is 7.66. The highest BCUT2D eigenvalue weighted by molar-refractivity contribution is 5.99. The average Bonchev–Trinajstić information content (AvgIpc) is 3.14. The molecule has 4 rings (SSSR count). The molecule has 2 aromatic carbocycles. The van der Waals surface area contributed by atoms with Gasteiger partial charge in [0.05, 0.1) is 13.0 Å². The third-order valence-corrected chi connectivity index (χ3v) is 7.66. The summed E-state index contributed by atoms with van der Waals surface area (Å²) in [6.07, 6.45) is -1.12. The fourth-order valence-electron chi connectivity index (χ4n) is 4.96. The lowest BCUT2D eigenvalue weighted by Gasteiger charge is -2.29. The Hall–Kier alpha value is -5.37. The van der Waals surface area contributed by atoms with Crippen LogP contribution in [0.2, 0.25) is 0 Å². The topological polar surface area (TPSA) is 166 Å². The van der Waals surface area contributed by atoms with Crippen molar-refractivity contribution < 1.29 is 56.8 Å². The number of nitrogens with one attached hydrogen (secondary N) is 1. The summed E-state index contributed by atoms with van der Waals surface area (Å²) in [5.74, 6) is -10.5. The number of amides is 1. The van der Waals surface area contributed by atoms with Crippen molar-refractivity contribution >= 4 is 29.8 Å². The molecule has 0 spiro atoms. The molecule has 1 fully saturated rings. The number of alkyl halides is 1. The van der Waals surface area contributed by atoms with Gasteiger partial charge in [0.2, 0.25) is 5.75 Å². The van der Waals surface area contributed by atoms with E-state index in [4.69, 9.17) is 28.4 Å². The highest BCUT2D eigenvalue weighted by atomic mass is 19.2. The van der Waals surface area contributed by atoms with Gasteiger partial charge >= 0.3 is 29.7 Å². The number of cyclic esters (lactones) is 2. The second-order valence-corrected chi connectivity index (χ2v) is 11.4. The number of carbonyl (C=O) groups is 5. The molecule has 1 amide bonds.